The van der Waals surface area contributed by atoms with E-state index in [2.05, 4.69) is 21.0 Å². The van der Waals surface area contributed by atoms with Crippen molar-refractivity contribution in [2.24, 2.45) is 7.05 Å². The Balaban J connectivity index is 2.24. The van der Waals surface area contributed by atoms with E-state index in [9.17, 15) is 4.79 Å². The molecule has 96 valence electrons. The standard InChI is InChI=1S/C12H12BrClN2OS/c1-3-8-12(14)9(16(2)15-8)5-10(17)7-4-11(13)18-6-7/h4,6H,3,5H2,1-2H3. The first kappa shape index (κ1) is 13.8. The fourth-order valence-electron chi connectivity index (χ4n) is 1.72. The third-order valence-corrected chi connectivity index (χ3v) is 4.66. The molecule has 2 aromatic rings. The van der Waals surface area contributed by atoms with Gasteiger partial charge in [-0.3, -0.25) is 9.48 Å². The van der Waals surface area contributed by atoms with Gasteiger partial charge in [-0.1, -0.05) is 18.5 Å². The topological polar surface area (TPSA) is 34.9 Å². The van der Waals surface area contributed by atoms with Gasteiger partial charge in [-0.05, 0) is 28.4 Å². The summed E-state index contributed by atoms with van der Waals surface area (Å²) in [6.07, 6.45) is 1.05. The smallest absolute Gasteiger partial charge is 0.169 e. The van der Waals surface area contributed by atoms with Crippen LogP contribution in [0, 0.1) is 0 Å². The summed E-state index contributed by atoms with van der Waals surface area (Å²) >= 11 is 11.1. The van der Waals surface area contributed by atoms with Crippen LogP contribution in [0.2, 0.25) is 5.02 Å². The summed E-state index contributed by atoms with van der Waals surface area (Å²) in [5, 5.41) is 6.76. The van der Waals surface area contributed by atoms with Crippen LogP contribution in [-0.2, 0) is 19.9 Å². The van der Waals surface area contributed by atoms with Gasteiger partial charge in [-0.2, -0.15) is 5.10 Å². The third-order valence-electron chi connectivity index (χ3n) is 2.72. The Morgan fingerprint density at radius 2 is 2.33 bits per heavy atom. The number of aromatic nitrogens is 2. The highest BCUT2D eigenvalue weighted by atomic mass is 79.9. The average Bonchev–Trinajstić information content (AvgIpc) is 2.87. The summed E-state index contributed by atoms with van der Waals surface area (Å²) in [5.41, 5.74) is 2.33. The second-order valence-electron chi connectivity index (χ2n) is 3.92. The van der Waals surface area contributed by atoms with E-state index >= 15 is 0 Å². The molecule has 2 aromatic heterocycles. The van der Waals surface area contributed by atoms with E-state index in [4.69, 9.17) is 11.6 Å². The minimum Gasteiger partial charge on any atom is -0.294 e. The fourth-order valence-corrected chi connectivity index (χ4v) is 3.24. The molecule has 0 saturated carbocycles. The van der Waals surface area contributed by atoms with E-state index in [0.717, 1.165) is 21.6 Å². The molecular formula is C12H12BrClN2OS. The lowest BCUT2D eigenvalue weighted by molar-refractivity contribution is 0.0991. The van der Waals surface area contributed by atoms with Crippen molar-refractivity contribution < 1.29 is 4.79 Å². The van der Waals surface area contributed by atoms with Crippen LogP contribution in [0.25, 0.3) is 0 Å². The molecule has 0 N–H and O–H groups in total. The maximum atomic E-state index is 12.1. The van der Waals surface area contributed by atoms with Crippen LogP contribution in [0.15, 0.2) is 15.2 Å². The third kappa shape index (κ3) is 2.68. The van der Waals surface area contributed by atoms with Crippen LogP contribution in [0.1, 0.15) is 28.7 Å². The molecule has 0 amide bonds. The van der Waals surface area contributed by atoms with Gasteiger partial charge in [0.2, 0.25) is 0 Å². The van der Waals surface area contributed by atoms with Crippen molar-refractivity contribution in [3.05, 3.63) is 37.2 Å². The predicted octanol–water partition coefficient (Wildman–Crippen LogP) is 3.89. The van der Waals surface area contributed by atoms with Crippen molar-refractivity contribution in [1.82, 2.24) is 9.78 Å². The van der Waals surface area contributed by atoms with E-state index in [-0.39, 0.29) is 12.2 Å². The number of carbonyl (C=O) groups excluding carboxylic acids is 1. The van der Waals surface area contributed by atoms with Gasteiger partial charge in [0.05, 0.1) is 26.6 Å². The van der Waals surface area contributed by atoms with Crippen LogP contribution in [0.5, 0.6) is 0 Å². The lowest BCUT2D eigenvalue weighted by Crippen LogP contribution is -2.07. The predicted molar refractivity (Wildman–Crippen MR) is 77.6 cm³/mol. The number of rotatable bonds is 4. The monoisotopic (exact) mass is 346 g/mol. The number of nitrogens with zero attached hydrogens (tertiary/aromatic N) is 2. The first-order chi connectivity index (χ1) is 8.52. The molecule has 0 atom stereocenters. The van der Waals surface area contributed by atoms with Crippen molar-refractivity contribution in [3.8, 4) is 0 Å². The minimum atomic E-state index is 0.0597. The van der Waals surface area contributed by atoms with Gasteiger partial charge in [0.1, 0.15) is 0 Å². The maximum Gasteiger partial charge on any atom is 0.169 e. The zero-order chi connectivity index (χ0) is 13.3. The van der Waals surface area contributed by atoms with Gasteiger partial charge < -0.3 is 0 Å². The Morgan fingerprint density at radius 3 is 2.83 bits per heavy atom. The Kier molecular flexibility index (Phi) is 4.25. The summed E-state index contributed by atoms with van der Waals surface area (Å²) in [7, 11) is 1.82. The Morgan fingerprint density at radius 1 is 1.61 bits per heavy atom. The number of hydrogen-bond donors (Lipinski definition) is 0. The van der Waals surface area contributed by atoms with Gasteiger partial charge in [0, 0.05) is 18.0 Å². The van der Waals surface area contributed by atoms with Crippen molar-refractivity contribution in [2.45, 2.75) is 19.8 Å². The van der Waals surface area contributed by atoms with Gasteiger partial charge in [-0.15, -0.1) is 11.3 Å². The number of thiophene rings is 1. The second kappa shape index (κ2) is 5.55. The summed E-state index contributed by atoms with van der Waals surface area (Å²) in [6, 6.07) is 1.83. The quantitative estimate of drug-likeness (QED) is 0.787. The summed E-state index contributed by atoms with van der Waals surface area (Å²) < 4.78 is 2.65. The normalized spacial score (nSPS) is 10.9. The fraction of sp³-hybridized carbons (Fsp3) is 0.333. The molecule has 0 fully saturated rings. The highest BCUT2D eigenvalue weighted by Crippen LogP contribution is 2.25. The van der Waals surface area contributed by atoms with Crippen molar-refractivity contribution in [3.63, 3.8) is 0 Å². The molecular weight excluding hydrogens is 336 g/mol. The van der Waals surface area contributed by atoms with E-state index in [1.165, 1.54) is 11.3 Å². The molecule has 2 rings (SSSR count). The van der Waals surface area contributed by atoms with Gasteiger partial charge >= 0.3 is 0 Å². The number of aryl methyl sites for hydroxylation is 2. The number of Topliss-reactive ketones (excluding diaryl/α,β-unsaturated/α-hetero) is 1. The molecule has 2 heterocycles. The molecule has 0 aromatic carbocycles. The van der Waals surface area contributed by atoms with E-state index < -0.39 is 0 Å². The first-order valence-corrected chi connectivity index (χ1v) is 7.55. The zero-order valence-corrected chi connectivity index (χ0v) is 13.2. The number of carbonyl (C=O) groups is 1. The van der Waals surface area contributed by atoms with E-state index in [0.29, 0.717) is 10.6 Å². The molecule has 0 saturated heterocycles. The van der Waals surface area contributed by atoms with Gasteiger partial charge in [0.25, 0.3) is 0 Å². The first-order valence-electron chi connectivity index (χ1n) is 5.50. The van der Waals surface area contributed by atoms with Crippen LogP contribution < -0.4 is 0 Å². The lowest BCUT2D eigenvalue weighted by atomic mass is 10.1. The van der Waals surface area contributed by atoms with Crippen molar-refractivity contribution in [1.29, 1.82) is 0 Å². The van der Waals surface area contributed by atoms with E-state index in [1.54, 1.807) is 4.68 Å². The van der Waals surface area contributed by atoms with Crippen molar-refractivity contribution >= 4 is 44.7 Å². The highest BCUT2D eigenvalue weighted by molar-refractivity contribution is 9.11. The Bertz CT molecular complexity index is 591. The molecule has 0 bridgehead atoms. The molecule has 0 radical (unpaired) electrons. The highest BCUT2D eigenvalue weighted by Gasteiger charge is 2.17. The lowest BCUT2D eigenvalue weighted by Gasteiger charge is -2.00. The van der Waals surface area contributed by atoms with Crippen LogP contribution >= 0.6 is 38.9 Å². The van der Waals surface area contributed by atoms with Crippen molar-refractivity contribution in [2.75, 3.05) is 0 Å². The summed E-state index contributed by atoms with van der Waals surface area (Å²) in [4.78, 5) is 12.1. The number of hydrogen-bond acceptors (Lipinski definition) is 3. The average molecular weight is 348 g/mol. The summed E-state index contributed by atoms with van der Waals surface area (Å²) in [6.45, 7) is 2.00. The van der Waals surface area contributed by atoms with Crippen LogP contribution in [0.4, 0.5) is 0 Å². The molecule has 6 heteroatoms. The second-order valence-corrected chi connectivity index (χ2v) is 6.59. The minimum absolute atomic E-state index is 0.0597. The molecule has 0 aliphatic heterocycles. The SMILES string of the molecule is CCc1nn(C)c(CC(=O)c2csc(Br)c2)c1Cl. The molecule has 0 aliphatic rings. The molecule has 0 spiro atoms. The molecule has 0 unspecified atom stereocenters. The maximum absolute atomic E-state index is 12.1. The molecule has 0 aliphatic carbocycles. The Labute approximate surface area is 123 Å². The number of ketones is 1. The molecule has 3 nitrogen and oxygen atoms in total. The van der Waals surface area contributed by atoms with Gasteiger partial charge in [-0.25, -0.2) is 0 Å². The molecule has 18 heavy (non-hydrogen) atoms. The van der Waals surface area contributed by atoms with Crippen LogP contribution in [0.3, 0.4) is 0 Å². The van der Waals surface area contributed by atoms with Gasteiger partial charge in [0.15, 0.2) is 5.78 Å². The largest absolute Gasteiger partial charge is 0.294 e. The summed E-state index contributed by atoms with van der Waals surface area (Å²) in [5.74, 6) is 0.0597. The zero-order valence-electron chi connectivity index (χ0n) is 10.0. The Hall–Kier alpha value is -0.650. The number of halogens is 2. The van der Waals surface area contributed by atoms with E-state index in [1.807, 2.05) is 25.4 Å². The van der Waals surface area contributed by atoms with Crippen LogP contribution in [-0.4, -0.2) is 15.6 Å².